The fourth-order valence-corrected chi connectivity index (χ4v) is 5.64. The molecule has 1 amide bonds. The number of anilines is 1. The van der Waals surface area contributed by atoms with Crippen molar-refractivity contribution < 1.29 is 17.9 Å². The lowest BCUT2D eigenvalue weighted by Gasteiger charge is -2.31. The van der Waals surface area contributed by atoms with Crippen LogP contribution in [0, 0.1) is 12.8 Å². The van der Waals surface area contributed by atoms with E-state index in [1.54, 1.807) is 12.1 Å². The van der Waals surface area contributed by atoms with Gasteiger partial charge in [0.15, 0.2) is 0 Å². The van der Waals surface area contributed by atoms with Gasteiger partial charge in [-0.05, 0) is 68.0 Å². The van der Waals surface area contributed by atoms with Gasteiger partial charge in [-0.1, -0.05) is 31.5 Å². The first kappa shape index (κ1) is 23.3. The molecule has 1 fully saturated rings. The normalized spacial score (nSPS) is 17.3. The summed E-state index contributed by atoms with van der Waals surface area (Å²) in [6.45, 7) is 4.57. The van der Waals surface area contributed by atoms with Crippen LogP contribution < -0.4 is 10.1 Å². The first-order valence-electron chi connectivity index (χ1n) is 10.9. The second-order valence-corrected chi connectivity index (χ2v) is 10.1. The van der Waals surface area contributed by atoms with Crippen LogP contribution in [0.2, 0.25) is 0 Å². The maximum atomic E-state index is 13.3. The number of nitrogens with one attached hydrogen (secondary N) is 1. The summed E-state index contributed by atoms with van der Waals surface area (Å²) in [5.74, 6) is -0.211. The number of unbranched alkanes of at least 4 members (excludes halogenated alkanes) is 1. The van der Waals surface area contributed by atoms with E-state index >= 15 is 0 Å². The number of piperidine rings is 1. The summed E-state index contributed by atoms with van der Waals surface area (Å²) < 4.78 is 33.3. The highest BCUT2D eigenvalue weighted by Crippen LogP contribution is 2.31. The van der Waals surface area contributed by atoms with Crippen LogP contribution in [0.15, 0.2) is 47.4 Å². The first-order valence-corrected chi connectivity index (χ1v) is 12.3. The largest absolute Gasteiger partial charge is 0.495 e. The topological polar surface area (TPSA) is 75.7 Å². The van der Waals surface area contributed by atoms with Crippen LogP contribution in [-0.2, 0) is 21.2 Å². The Balaban J connectivity index is 1.70. The molecule has 0 saturated carbocycles. The van der Waals surface area contributed by atoms with E-state index in [2.05, 4.69) is 12.2 Å². The number of carbonyl (C=O) groups excluding carboxylic acids is 1. The zero-order valence-electron chi connectivity index (χ0n) is 18.6. The predicted molar refractivity (Wildman–Crippen MR) is 123 cm³/mol. The third-order valence-electron chi connectivity index (χ3n) is 5.73. The highest BCUT2D eigenvalue weighted by Gasteiger charge is 2.35. The minimum absolute atomic E-state index is 0.141. The van der Waals surface area contributed by atoms with E-state index in [-0.39, 0.29) is 23.3 Å². The third-order valence-corrected chi connectivity index (χ3v) is 7.62. The van der Waals surface area contributed by atoms with Crippen LogP contribution in [-0.4, -0.2) is 38.8 Å². The number of benzene rings is 2. The number of methoxy groups -OCH3 is 1. The summed E-state index contributed by atoms with van der Waals surface area (Å²) in [6, 6.07) is 13.0. The second kappa shape index (κ2) is 10.3. The molecule has 1 saturated heterocycles. The van der Waals surface area contributed by atoms with E-state index in [1.165, 1.54) is 17.0 Å². The van der Waals surface area contributed by atoms with Gasteiger partial charge in [-0.25, -0.2) is 8.42 Å². The van der Waals surface area contributed by atoms with Gasteiger partial charge in [0.2, 0.25) is 15.9 Å². The average molecular weight is 445 g/mol. The van der Waals surface area contributed by atoms with Crippen LogP contribution in [0.25, 0.3) is 0 Å². The first-order chi connectivity index (χ1) is 14.8. The molecule has 0 aromatic heterocycles. The third kappa shape index (κ3) is 5.66. The van der Waals surface area contributed by atoms with Crippen LogP contribution in [0.4, 0.5) is 5.69 Å². The number of hydrogen-bond donors (Lipinski definition) is 1. The summed E-state index contributed by atoms with van der Waals surface area (Å²) in [5, 5.41) is 2.95. The SMILES string of the molecule is CCCCc1ccc(NC(=O)[C@H]2CCCN(S(=O)(=O)c3cc(C)ccc3OC)C2)cc1. The van der Waals surface area contributed by atoms with Crippen molar-refractivity contribution in [3.8, 4) is 5.75 Å². The van der Waals surface area contributed by atoms with Crippen molar-refractivity contribution in [1.82, 2.24) is 4.31 Å². The van der Waals surface area contributed by atoms with Crippen molar-refractivity contribution in [1.29, 1.82) is 0 Å². The monoisotopic (exact) mass is 444 g/mol. The Labute approximate surface area is 185 Å². The fraction of sp³-hybridized carbons (Fsp3) is 0.458. The van der Waals surface area contributed by atoms with Crippen LogP contribution in [0.1, 0.15) is 43.7 Å². The van der Waals surface area contributed by atoms with Crippen molar-refractivity contribution in [3.63, 3.8) is 0 Å². The summed E-state index contributed by atoms with van der Waals surface area (Å²) in [6.07, 6.45) is 4.62. The summed E-state index contributed by atoms with van der Waals surface area (Å²) in [5.41, 5.74) is 2.83. The maximum absolute atomic E-state index is 13.3. The minimum atomic E-state index is -3.75. The molecule has 2 aromatic carbocycles. The molecule has 3 rings (SSSR count). The number of sulfonamides is 1. The van der Waals surface area contributed by atoms with Gasteiger partial charge in [0, 0.05) is 18.8 Å². The number of rotatable bonds is 8. The van der Waals surface area contributed by atoms with E-state index in [4.69, 9.17) is 4.74 Å². The molecule has 1 N–H and O–H groups in total. The van der Waals surface area contributed by atoms with E-state index in [0.717, 1.165) is 30.5 Å². The molecule has 1 atom stereocenters. The van der Waals surface area contributed by atoms with E-state index in [1.807, 2.05) is 37.3 Å². The molecule has 0 unspecified atom stereocenters. The van der Waals surface area contributed by atoms with E-state index in [9.17, 15) is 13.2 Å². The Morgan fingerprint density at radius 2 is 1.94 bits per heavy atom. The Hall–Kier alpha value is -2.38. The molecule has 0 bridgehead atoms. The lowest BCUT2D eigenvalue weighted by molar-refractivity contribution is -0.120. The molecule has 0 radical (unpaired) electrons. The van der Waals surface area contributed by atoms with Crippen molar-refractivity contribution in [2.24, 2.45) is 5.92 Å². The molecule has 1 heterocycles. The zero-order valence-corrected chi connectivity index (χ0v) is 19.4. The van der Waals surface area contributed by atoms with Gasteiger partial charge in [0.25, 0.3) is 0 Å². The predicted octanol–water partition coefficient (Wildman–Crippen LogP) is 4.39. The maximum Gasteiger partial charge on any atom is 0.246 e. The van der Waals surface area contributed by atoms with Crippen molar-refractivity contribution >= 4 is 21.6 Å². The molecule has 1 aliphatic heterocycles. The quantitative estimate of drug-likeness (QED) is 0.655. The zero-order chi connectivity index (χ0) is 22.4. The number of ether oxygens (including phenoxy) is 1. The average Bonchev–Trinajstić information content (AvgIpc) is 2.78. The molecule has 168 valence electrons. The molecule has 31 heavy (non-hydrogen) atoms. The molecule has 7 heteroatoms. The van der Waals surface area contributed by atoms with E-state index in [0.29, 0.717) is 25.1 Å². The van der Waals surface area contributed by atoms with Gasteiger partial charge in [0.1, 0.15) is 10.6 Å². The van der Waals surface area contributed by atoms with Crippen LogP contribution >= 0.6 is 0 Å². The Morgan fingerprint density at radius 3 is 2.61 bits per heavy atom. The van der Waals surface area contributed by atoms with Crippen molar-refractivity contribution in [3.05, 3.63) is 53.6 Å². The minimum Gasteiger partial charge on any atom is -0.495 e. The molecule has 1 aliphatic rings. The lowest BCUT2D eigenvalue weighted by atomic mass is 9.98. The van der Waals surface area contributed by atoms with Gasteiger partial charge < -0.3 is 10.1 Å². The van der Waals surface area contributed by atoms with Gasteiger partial charge in [0.05, 0.1) is 13.0 Å². The molecular formula is C24H32N2O4S. The lowest BCUT2D eigenvalue weighted by Crippen LogP contribution is -2.43. The summed E-state index contributed by atoms with van der Waals surface area (Å²) in [4.78, 5) is 13.0. The molecule has 6 nitrogen and oxygen atoms in total. The molecule has 0 spiro atoms. The van der Waals surface area contributed by atoms with Gasteiger partial charge in [-0.3, -0.25) is 4.79 Å². The highest BCUT2D eigenvalue weighted by atomic mass is 32.2. The Morgan fingerprint density at radius 1 is 1.19 bits per heavy atom. The van der Waals surface area contributed by atoms with Gasteiger partial charge >= 0.3 is 0 Å². The standard InChI is InChI=1S/C24H32N2O4S/c1-4-5-7-19-10-12-21(13-11-19)25-24(27)20-8-6-15-26(17-20)31(28,29)23-16-18(2)9-14-22(23)30-3/h9-14,16,20H,4-8,15,17H2,1-3H3,(H,25,27)/t20-/m0/s1. The van der Waals surface area contributed by atoms with Crippen LogP contribution in [0.5, 0.6) is 5.75 Å². The molecule has 0 aliphatic carbocycles. The van der Waals surface area contributed by atoms with Gasteiger partial charge in [-0.15, -0.1) is 0 Å². The number of amides is 1. The smallest absolute Gasteiger partial charge is 0.246 e. The summed E-state index contributed by atoms with van der Waals surface area (Å²) >= 11 is 0. The summed E-state index contributed by atoms with van der Waals surface area (Å²) in [7, 11) is -2.29. The van der Waals surface area contributed by atoms with Crippen molar-refractivity contribution in [2.45, 2.75) is 50.8 Å². The molecule has 2 aromatic rings. The number of carbonyl (C=O) groups is 1. The fourth-order valence-electron chi connectivity index (χ4n) is 3.88. The number of hydrogen-bond acceptors (Lipinski definition) is 4. The highest BCUT2D eigenvalue weighted by molar-refractivity contribution is 7.89. The number of aryl methyl sites for hydroxylation is 2. The molecular weight excluding hydrogens is 412 g/mol. The van der Waals surface area contributed by atoms with Crippen LogP contribution in [0.3, 0.4) is 0 Å². The number of nitrogens with zero attached hydrogens (tertiary/aromatic N) is 1. The Bertz CT molecular complexity index is 1000. The van der Waals surface area contributed by atoms with Gasteiger partial charge in [-0.2, -0.15) is 4.31 Å². The Kier molecular flexibility index (Phi) is 7.73. The van der Waals surface area contributed by atoms with E-state index < -0.39 is 10.0 Å². The second-order valence-electron chi connectivity index (χ2n) is 8.15. The van der Waals surface area contributed by atoms with Crippen molar-refractivity contribution in [2.75, 3.05) is 25.5 Å².